The van der Waals surface area contributed by atoms with Gasteiger partial charge in [-0.25, -0.2) is 4.79 Å². The maximum Gasteiger partial charge on any atom is 0.408 e. The van der Waals surface area contributed by atoms with Crippen molar-refractivity contribution in [3.63, 3.8) is 0 Å². The molecule has 0 saturated carbocycles. The van der Waals surface area contributed by atoms with E-state index < -0.39 is 35.2 Å². The third kappa shape index (κ3) is 8.86. The first kappa shape index (κ1) is 27.4. The average molecular weight is 450 g/mol. The topological polar surface area (TPSA) is 108 Å². The van der Waals surface area contributed by atoms with Crippen molar-refractivity contribution in [2.24, 2.45) is 5.92 Å². The van der Waals surface area contributed by atoms with E-state index in [1.165, 1.54) is 4.90 Å². The van der Waals surface area contributed by atoms with E-state index in [2.05, 4.69) is 10.6 Å². The fourth-order valence-corrected chi connectivity index (χ4v) is 3.15. The van der Waals surface area contributed by atoms with Gasteiger partial charge in [-0.15, -0.1) is 0 Å². The molecule has 2 atom stereocenters. The van der Waals surface area contributed by atoms with Gasteiger partial charge in [0, 0.05) is 12.1 Å². The van der Waals surface area contributed by atoms with Crippen LogP contribution in [0.4, 0.5) is 4.79 Å². The third-order valence-corrected chi connectivity index (χ3v) is 4.40. The Labute approximate surface area is 191 Å². The number of nitrogens with one attached hydrogen (secondary N) is 2. The molecular weight excluding hydrogens is 410 g/mol. The molecule has 0 heterocycles. The van der Waals surface area contributed by atoms with Crippen LogP contribution in [0.15, 0.2) is 30.3 Å². The summed E-state index contributed by atoms with van der Waals surface area (Å²) in [7, 11) is 0. The van der Waals surface area contributed by atoms with Crippen molar-refractivity contribution in [2.75, 3.05) is 13.2 Å². The summed E-state index contributed by atoms with van der Waals surface area (Å²) in [5.74, 6) is -1.12. The van der Waals surface area contributed by atoms with Gasteiger partial charge in [0.05, 0.1) is 6.61 Å². The van der Waals surface area contributed by atoms with Gasteiger partial charge in [-0.05, 0) is 53.0 Å². The van der Waals surface area contributed by atoms with E-state index in [4.69, 9.17) is 4.74 Å². The van der Waals surface area contributed by atoms with Crippen LogP contribution < -0.4 is 10.6 Å². The van der Waals surface area contributed by atoms with E-state index in [1.54, 1.807) is 58.9 Å². The van der Waals surface area contributed by atoms with Gasteiger partial charge >= 0.3 is 6.09 Å². The summed E-state index contributed by atoms with van der Waals surface area (Å²) in [5, 5.41) is 15.3. The lowest BCUT2D eigenvalue weighted by atomic mass is 9.98. The van der Waals surface area contributed by atoms with E-state index in [0.29, 0.717) is 5.56 Å². The smallest absolute Gasteiger partial charge is 0.408 e. The van der Waals surface area contributed by atoms with Gasteiger partial charge in [0.15, 0.2) is 0 Å². The number of ether oxygens (including phenoxy) is 1. The second-order valence-corrected chi connectivity index (χ2v) is 10.2. The Morgan fingerprint density at radius 2 is 1.59 bits per heavy atom. The fraction of sp³-hybridized carbons (Fsp3) is 0.625. The number of carbonyl (C=O) groups excluding carboxylic acids is 3. The molecule has 0 aromatic heterocycles. The van der Waals surface area contributed by atoms with Gasteiger partial charge in [0.2, 0.25) is 11.8 Å². The summed E-state index contributed by atoms with van der Waals surface area (Å²) < 4.78 is 5.32. The highest BCUT2D eigenvalue weighted by atomic mass is 16.6. The molecule has 0 spiro atoms. The Hall–Kier alpha value is -2.61. The Morgan fingerprint density at radius 1 is 1.03 bits per heavy atom. The first-order valence-corrected chi connectivity index (χ1v) is 10.9. The van der Waals surface area contributed by atoms with Crippen LogP contribution in [0, 0.1) is 5.92 Å². The normalized spacial score (nSPS) is 13.8. The predicted octanol–water partition coefficient (Wildman–Crippen LogP) is 3.01. The Morgan fingerprint density at radius 3 is 2.03 bits per heavy atom. The molecule has 0 aliphatic heterocycles. The van der Waals surface area contributed by atoms with Crippen molar-refractivity contribution in [3.05, 3.63) is 35.9 Å². The number of carbonyl (C=O) groups is 3. The van der Waals surface area contributed by atoms with Gasteiger partial charge in [-0.1, -0.05) is 44.2 Å². The monoisotopic (exact) mass is 449 g/mol. The average Bonchev–Trinajstić information content (AvgIpc) is 2.63. The highest BCUT2D eigenvalue weighted by Gasteiger charge is 2.38. The molecule has 32 heavy (non-hydrogen) atoms. The maximum atomic E-state index is 13.6. The minimum atomic E-state index is -0.975. The number of hydrogen-bond donors (Lipinski definition) is 3. The molecule has 0 radical (unpaired) electrons. The number of benzene rings is 1. The molecule has 0 fully saturated rings. The van der Waals surface area contributed by atoms with Crippen LogP contribution >= 0.6 is 0 Å². The van der Waals surface area contributed by atoms with Crippen molar-refractivity contribution in [1.82, 2.24) is 15.5 Å². The molecule has 8 nitrogen and oxygen atoms in total. The van der Waals surface area contributed by atoms with Gasteiger partial charge < -0.3 is 25.4 Å². The summed E-state index contributed by atoms with van der Waals surface area (Å²) in [6.07, 6.45) is -0.719. The van der Waals surface area contributed by atoms with Crippen LogP contribution in [-0.4, -0.2) is 58.2 Å². The van der Waals surface area contributed by atoms with Crippen molar-refractivity contribution < 1.29 is 24.2 Å². The van der Waals surface area contributed by atoms with Gasteiger partial charge in [0.1, 0.15) is 17.7 Å². The molecule has 1 rings (SSSR count). The van der Waals surface area contributed by atoms with Crippen LogP contribution in [0.3, 0.4) is 0 Å². The van der Waals surface area contributed by atoms with E-state index in [1.807, 2.05) is 26.8 Å². The number of amides is 3. The Balaban J connectivity index is 3.36. The zero-order chi connectivity index (χ0) is 24.7. The van der Waals surface area contributed by atoms with Crippen molar-refractivity contribution in [1.29, 1.82) is 0 Å². The van der Waals surface area contributed by atoms with Crippen LogP contribution in [0.2, 0.25) is 0 Å². The molecule has 1 aromatic carbocycles. The summed E-state index contributed by atoms with van der Waals surface area (Å²) in [6, 6.07) is 7.00. The lowest BCUT2D eigenvalue weighted by Crippen LogP contribution is -2.56. The summed E-state index contributed by atoms with van der Waals surface area (Å²) >= 11 is 0. The Bertz CT molecular complexity index is 766. The highest BCUT2D eigenvalue weighted by molar-refractivity contribution is 5.92. The number of rotatable bonds is 8. The molecule has 2 unspecified atom stereocenters. The zero-order valence-electron chi connectivity index (χ0n) is 20.6. The molecular formula is C24H39N3O5. The second kappa shape index (κ2) is 11.3. The molecule has 1 aromatic rings. The van der Waals surface area contributed by atoms with Crippen LogP contribution in [0.1, 0.15) is 67.0 Å². The Kier molecular flexibility index (Phi) is 9.70. The van der Waals surface area contributed by atoms with Crippen molar-refractivity contribution in [3.8, 4) is 0 Å². The van der Waals surface area contributed by atoms with Crippen LogP contribution in [0.5, 0.6) is 0 Å². The first-order chi connectivity index (χ1) is 14.7. The van der Waals surface area contributed by atoms with E-state index in [0.717, 1.165) is 0 Å². The summed E-state index contributed by atoms with van der Waals surface area (Å²) in [4.78, 5) is 40.6. The molecule has 0 bridgehead atoms. The quantitative estimate of drug-likeness (QED) is 0.565. The molecule has 8 heteroatoms. The largest absolute Gasteiger partial charge is 0.444 e. The SMILES string of the molecule is CC(C)C(NC(=O)OC(C)(C)C)C(=O)N(CCO)C(C(=O)NC(C)(C)C)c1ccccc1. The van der Waals surface area contributed by atoms with Gasteiger partial charge in [-0.2, -0.15) is 0 Å². The van der Waals surface area contributed by atoms with Crippen LogP contribution in [0.25, 0.3) is 0 Å². The standard InChI is InChI=1S/C24H39N3O5/c1-16(2)18(25-22(31)32-24(6,7)8)21(30)27(14-15-28)19(17-12-10-9-11-13-17)20(29)26-23(3,4)5/h9-13,16,18-19,28H,14-15H2,1-8H3,(H,25,31)(H,26,29). The van der Waals surface area contributed by atoms with Crippen molar-refractivity contribution in [2.45, 2.75) is 78.6 Å². The molecule has 0 aliphatic rings. The number of aliphatic hydroxyl groups excluding tert-OH is 1. The molecule has 3 amide bonds. The fourth-order valence-electron chi connectivity index (χ4n) is 3.15. The molecule has 3 N–H and O–H groups in total. The summed E-state index contributed by atoms with van der Waals surface area (Å²) in [6.45, 7) is 13.9. The number of hydrogen-bond acceptors (Lipinski definition) is 5. The molecule has 180 valence electrons. The maximum absolute atomic E-state index is 13.6. The van der Waals surface area contributed by atoms with Gasteiger partial charge in [-0.3, -0.25) is 9.59 Å². The minimum absolute atomic E-state index is 0.0742. The molecule has 0 aliphatic carbocycles. The second-order valence-electron chi connectivity index (χ2n) is 10.2. The number of aliphatic hydroxyl groups is 1. The predicted molar refractivity (Wildman–Crippen MR) is 124 cm³/mol. The van der Waals surface area contributed by atoms with Crippen LogP contribution in [-0.2, 0) is 14.3 Å². The van der Waals surface area contributed by atoms with E-state index in [-0.39, 0.29) is 25.0 Å². The zero-order valence-corrected chi connectivity index (χ0v) is 20.6. The highest BCUT2D eigenvalue weighted by Crippen LogP contribution is 2.24. The van der Waals surface area contributed by atoms with Crippen molar-refractivity contribution >= 4 is 17.9 Å². The number of alkyl carbamates (subject to hydrolysis) is 1. The third-order valence-electron chi connectivity index (χ3n) is 4.40. The van der Waals surface area contributed by atoms with E-state index >= 15 is 0 Å². The lowest BCUT2D eigenvalue weighted by molar-refractivity contribution is -0.144. The first-order valence-electron chi connectivity index (χ1n) is 10.9. The number of nitrogens with zero attached hydrogens (tertiary/aromatic N) is 1. The molecule has 0 saturated heterocycles. The lowest BCUT2D eigenvalue weighted by Gasteiger charge is -2.36. The van der Waals surface area contributed by atoms with Gasteiger partial charge in [0.25, 0.3) is 0 Å². The summed E-state index contributed by atoms with van der Waals surface area (Å²) in [5.41, 5.74) is -0.640. The van der Waals surface area contributed by atoms with E-state index in [9.17, 15) is 19.5 Å². The minimum Gasteiger partial charge on any atom is -0.444 e.